The predicted octanol–water partition coefficient (Wildman–Crippen LogP) is 1.95. The first-order valence-electron chi connectivity index (χ1n) is 5.25. The summed E-state index contributed by atoms with van der Waals surface area (Å²) < 4.78 is 10.8. The fourth-order valence-corrected chi connectivity index (χ4v) is 1.32. The minimum Gasteiger partial charge on any atom is -0.493 e. The maximum atomic E-state index is 5.60. The SMILES string of the molecule is C#CCCCOc1cc(CN)ccc1OC. The third kappa shape index (κ3) is 3.48. The fourth-order valence-electron chi connectivity index (χ4n) is 1.32. The van der Waals surface area contributed by atoms with Gasteiger partial charge in [0.1, 0.15) is 0 Å². The molecule has 0 amide bonds. The van der Waals surface area contributed by atoms with Gasteiger partial charge in [-0.05, 0) is 24.1 Å². The Kier molecular flexibility index (Phi) is 5.24. The Morgan fingerprint density at radius 2 is 2.19 bits per heavy atom. The first-order chi connectivity index (χ1) is 7.81. The van der Waals surface area contributed by atoms with Gasteiger partial charge in [-0.1, -0.05) is 6.07 Å². The standard InChI is InChI=1S/C13H17NO2/c1-3-4-5-8-16-13-9-11(10-14)6-7-12(13)15-2/h1,6-7,9H,4-5,8,10,14H2,2H3. The zero-order valence-electron chi connectivity index (χ0n) is 9.53. The van der Waals surface area contributed by atoms with Crippen molar-refractivity contribution in [3.05, 3.63) is 23.8 Å². The van der Waals surface area contributed by atoms with Gasteiger partial charge in [-0.25, -0.2) is 0 Å². The highest BCUT2D eigenvalue weighted by Gasteiger charge is 2.04. The van der Waals surface area contributed by atoms with E-state index in [4.69, 9.17) is 21.6 Å². The number of terminal acetylenes is 1. The summed E-state index contributed by atoms with van der Waals surface area (Å²) in [7, 11) is 1.62. The van der Waals surface area contributed by atoms with Gasteiger partial charge in [-0.2, -0.15) is 0 Å². The molecule has 1 rings (SSSR count). The minimum absolute atomic E-state index is 0.491. The van der Waals surface area contributed by atoms with Gasteiger partial charge in [0, 0.05) is 13.0 Å². The maximum Gasteiger partial charge on any atom is 0.161 e. The van der Waals surface area contributed by atoms with Crippen LogP contribution < -0.4 is 15.2 Å². The fraction of sp³-hybridized carbons (Fsp3) is 0.385. The lowest BCUT2D eigenvalue weighted by molar-refractivity contribution is 0.290. The van der Waals surface area contributed by atoms with E-state index in [-0.39, 0.29) is 0 Å². The smallest absolute Gasteiger partial charge is 0.161 e. The van der Waals surface area contributed by atoms with Crippen molar-refractivity contribution >= 4 is 0 Å². The van der Waals surface area contributed by atoms with Crippen LogP contribution in [0.4, 0.5) is 0 Å². The summed E-state index contributed by atoms with van der Waals surface area (Å²) in [4.78, 5) is 0. The van der Waals surface area contributed by atoms with Crippen LogP contribution in [0.15, 0.2) is 18.2 Å². The van der Waals surface area contributed by atoms with Gasteiger partial charge in [0.05, 0.1) is 13.7 Å². The lowest BCUT2D eigenvalue weighted by Crippen LogP contribution is -2.01. The van der Waals surface area contributed by atoms with Gasteiger partial charge in [0.2, 0.25) is 0 Å². The first kappa shape index (κ1) is 12.4. The molecule has 3 nitrogen and oxygen atoms in total. The number of nitrogens with two attached hydrogens (primary N) is 1. The molecule has 3 heteroatoms. The Balaban J connectivity index is 2.64. The Labute approximate surface area is 96.6 Å². The molecular formula is C13H17NO2. The van der Waals surface area contributed by atoms with Crippen LogP contribution in [-0.2, 0) is 6.54 Å². The van der Waals surface area contributed by atoms with Crippen molar-refractivity contribution in [2.45, 2.75) is 19.4 Å². The highest BCUT2D eigenvalue weighted by atomic mass is 16.5. The molecule has 0 saturated heterocycles. The third-order valence-electron chi connectivity index (χ3n) is 2.19. The Morgan fingerprint density at radius 3 is 2.81 bits per heavy atom. The zero-order chi connectivity index (χ0) is 11.8. The van der Waals surface area contributed by atoms with E-state index in [1.54, 1.807) is 7.11 Å². The van der Waals surface area contributed by atoms with Crippen molar-refractivity contribution in [3.63, 3.8) is 0 Å². The van der Waals surface area contributed by atoms with E-state index in [1.807, 2.05) is 18.2 Å². The molecular weight excluding hydrogens is 202 g/mol. The lowest BCUT2D eigenvalue weighted by atomic mass is 10.2. The van der Waals surface area contributed by atoms with Crippen LogP contribution >= 0.6 is 0 Å². The summed E-state index contributed by atoms with van der Waals surface area (Å²) in [5, 5.41) is 0. The van der Waals surface area contributed by atoms with Crippen LogP contribution in [0.25, 0.3) is 0 Å². The molecule has 0 aromatic heterocycles. The Bertz CT molecular complexity index is 369. The molecule has 0 aliphatic carbocycles. The van der Waals surface area contributed by atoms with E-state index >= 15 is 0 Å². The molecule has 0 heterocycles. The molecule has 86 valence electrons. The topological polar surface area (TPSA) is 44.5 Å². The van der Waals surface area contributed by atoms with Gasteiger partial charge < -0.3 is 15.2 Å². The number of rotatable bonds is 6. The van der Waals surface area contributed by atoms with Crippen molar-refractivity contribution in [2.75, 3.05) is 13.7 Å². The maximum absolute atomic E-state index is 5.60. The van der Waals surface area contributed by atoms with E-state index in [2.05, 4.69) is 5.92 Å². The number of methoxy groups -OCH3 is 1. The van der Waals surface area contributed by atoms with Crippen molar-refractivity contribution < 1.29 is 9.47 Å². The van der Waals surface area contributed by atoms with E-state index < -0.39 is 0 Å². The van der Waals surface area contributed by atoms with Gasteiger partial charge >= 0.3 is 0 Å². The van der Waals surface area contributed by atoms with Crippen molar-refractivity contribution in [1.29, 1.82) is 0 Å². The number of hydrogen-bond acceptors (Lipinski definition) is 3. The minimum atomic E-state index is 0.491. The highest BCUT2D eigenvalue weighted by Crippen LogP contribution is 2.28. The molecule has 0 atom stereocenters. The first-order valence-corrected chi connectivity index (χ1v) is 5.25. The van der Waals surface area contributed by atoms with Crippen molar-refractivity contribution in [3.8, 4) is 23.8 Å². The van der Waals surface area contributed by atoms with Crippen LogP contribution in [0.3, 0.4) is 0 Å². The van der Waals surface area contributed by atoms with E-state index in [9.17, 15) is 0 Å². The summed E-state index contributed by atoms with van der Waals surface area (Å²) in [6.07, 6.45) is 6.72. The second kappa shape index (κ2) is 6.76. The summed E-state index contributed by atoms with van der Waals surface area (Å²) >= 11 is 0. The molecule has 0 bridgehead atoms. The van der Waals surface area contributed by atoms with Crippen molar-refractivity contribution in [2.24, 2.45) is 5.73 Å². The molecule has 0 unspecified atom stereocenters. The summed E-state index contributed by atoms with van der Waals surface area (Å²) in [6.45, 7) is 1.08. The molecule has 0 spiro atoms. The van der Waals surface area contributed by atoms with Crippen LogP contribution in [0.1, 0.15) is 18.4 Å². The van der Waals surface area contributed by atoms with Gasteiger partial charge in [0.25, 0.3) is 0 Å². The summed E-state index contributed by atoms with van der Waals surface area (Å²) in [5.41, 5.74) is 6.58. The highest BCUT2D eigenvalue weighted by molar-refractivity contribution is 5.42. The monoisotopic (exact) mass is 219 g/mol. The van der Waals surface area contributed by atoms with Crippen LogP contribution in [-0.4, -0.2) is 13.7 Å². The van der Waals surface area contributed by atoms with Gasteiger partial charge in [0.15, 0.2) is 11.5 Å². The normalized spacial score (nSPS) is 9.56. The average Bonchev–Trinajstić information content (AvgIpc) is 2.34. The molecule has 0 aliphatic rings. The molecule has 1 aromatic carbocycles. The summed E-state index contributed by atoms with van der Waals surface area (Å²) in [6, 6.07) is 5.68. The quantitative estimate of drug-likeness (QED) is 0.587. The second-order valence-electron chi connectivity index (χ2n) is 3.35. The molecule has 2 N–H and O–H groups in total. The van der Waals surface area contributed by atoms with Gasteiger partial charge in [-0.3, -0.25) is 0 Å². The number of benzene rings is 1. The number of hydrogen-bond donors (Lipinski definition) is 1. The average molecular weight is 219 g/mol. The Morgan fingerprint density at radius 1 is 1.38 bits per heavy atom. The van der Waals surface area contributed by atoms with Crippen LogP contribution in [0.5, 0.6) is 11.5 Å². The molecule has 0 radical (unpaired) electrons. The molecule has 0 aliphatic heterocycles. The number of unbranched alkanes of at least 4 members (excludes halogenated alkanes) is 1. The third-order valence-corrected chi connectivity index (χ3v) is 2.19. The molecule has 0 saturated carbocycles. The summed E-state index contributed by atoms with van der Waals surface area (Å²) in [5.74, 6) is 4.02. The predicted molar refractivity (Wildman–Crippen MR) is 64.4 cm³/mol. The van der Waals surface area contributed by atoms with E-state index in [1.165, 1.54) is 0 Å². The lowest BCUT2D eigenvalue weighted by Gasteiger charge is -2.11. The molecule has 1 aromatic rings. The number of ether oxygens (including phenoxy) is 2. The molecule has 0 fully saturated rings. The van der Waals surface area contributed by atoms with Crippen LogP contribution in [0, 0.1) is 12.3 Å². The van der Waals surface area contributed by atoms with E-state index in [0.717, 1.165) is 29.9 Å². The second-order valence-corrected chi connectivity index (χ2v) is 3.35. The zero-order valence-corrected chi connectivity index (χ0v) is 9.53. The van der Waals surface area contributed by atoms with E-state index in [0.29, 0.717) is 13.2 Å². The Hall–Kier alpha value is -1.66. The molecule has 16 heavy (non-hydrogen) atoms. The van der Waals surface area contributed by atoms with Crippen molar-refractivity contribution in [1.82, 2.24) is 0 Å². The van der Waals surface area contributed by atoms with Crippen LogP contribution in [0.2, 0.25) is 0 Å². The van der Waals surface area contributed by atoms with Gasteiger partial charge in [-0.15, -0.1) is 12.3 Å². The largest absolute Gasteiger partial charge is 0.493 e.